The van der Waals surface area contributed by atoms with Gasteiger partial charge in [-0.3, -0.25) is 0 Å². The van der Waals surface area contributed by atoms with Crippen molar-refractivity contribution in [3.05, 3.63) is 29.6 Å². The second-order valence-electron chi connectivity index (χ2n) is 3.91. The van der Waals surface area contributed by atoms with Crippen molar-refractivity contribution < 1.29 is 12.8 Å². The van der Waals surface area contributed by atoms with E-state index in [2.05, 4.69) is 4.72 Å². The van der Waals surface area contributed by atoms with Crippen molar-refractivity contribution in [2.24, 2.45) is 0 Å². The number of halogens is 2. The first-order valence-corrected chi connectivity index (χ1v) is 7.23. The highest BCUT2D eigenvalue weighted by atomic mass is 35.5. The van der Waals surface area contributed by atoms with E-state index in [1.807, 2.05) is 0 Å². The number of hydrogen-bond donors (Lipinski definition) is 1. The van der Waals surface area contributed by atoms with Crippen LogP contribution in [0, 0.1) is 12.7 Å². The van der Waals surface area contributed by atoms with Crippen LogP contribution in [0.15, 0.2) is 23.1 Å². The fraction of sp³-hybridized carbons (Fsp3) is 0.455. The van der Waals surface area contributed by atoms with Gasteiger partial charge in [0, 0.05) is 11.9 Å². The van der Waals surface area contributed by atoms with Crippen molar-refractivity contribution in [1.82, 2.24) is 4.72 Å². The minimum Gasteiger partial charge on any atom is -0.208 e. The van der Waals surface area contributed by atoms with Crippen LogP contribution in [-0.4, -0.2) is 20.3 Å². The Bertz CT molecular complexity index is 490. The van der Waals surface area contributed by atoms with E-state index >= 15 is 0 Å². The predicted molar refractivity (Wildman–Crippen MR) is 66.3 cm³/mol. The Kier molecular flexibility index (Phi) is 4.91. The van der Waals surface area contributed by atoms with Gasteiger partial charge in [0.1, 0.15) is 5.82 Å². The summed E-state index contributed by atoms with van der Waals surface area (Å²) in [6, 6.07) is 3.34. The van der Waals surface area contributed by atoms with Gasteiger partial charge in [0.2, 0.25) is 10.0 Å². The van der Waals surface area contributed by atoms with E-state index < -0.39 is 15.8 Å². The van der Waals surface area contributed by atoms with Gasteiger partial charge in [0.25, 0.3) is 0 Å². The highest BCUT2D eigenvalue weighted by Crippen LogP contribution is 2.16. The zero-order valence-electron chi connectivity index (χ0n) is 9.70. The van der Waals surface area contributed by atoms with Crippen LogP contribution in [0.2, 0.25) is 0 Å². The average molecular weight is 280 g/mol. The zero-order valence-corrected chi connectivity index (χ0v) is 11.3. The van der Waals surface area contributed by atoms with Crippen LogP contribution in [-0.2, 0) is 10.0 Å². The lowest BCUT2D eigenvalue weighted by atomic mass is 10.2. The Hall–Kier alpha value is -0.650. The molecule has 0 saturated carbocycles. The molecule has 0 heterocycles. The molecule has 1 N–H and O–H groups in total. The normalized spacial score (nSPS) is 13.6. The molecule has 0 radical (unpaired) electrons. The maximum Gasteiger partial charge on any atom is 0.241 e. The van der Waals surface area contributed by atoms with Crippen molar-refractivity contribution in [3.8, 4) is 0 Å². The highest BCUT2D eigenvalue weighted by molar-refractivity contribution is 7.89. The van der Waals surface area contributed by atoms with E-state index in [-0.39, 0.29) is 10.9 Å². The van der Waals surface area contributed by atoms with Gasteiger partial charge >= 0.3 is 0 Å². The quantitative estimate of drug-likeness (QED) is 0.842. The topological polar surface area (TPSA) is 46.2 Å². The number of sulfonamides is 1. The molecular formula is C11H15ClFNO2S. The maximum atomic E-state index is 12.9. The second-order valence-corrected chi connectivity index (χ2v) is 5.97. The van der Waals surface area contributed by atoms with Crippen molar-refractivity contribution in [2.45, 2.75) is 31.2 Å². The molecular weight excluding hydrogens is 265 g/mol. The molecule has 1 atom stereocenters. The van der Waals surface area contributed by atoms with E-state index in [9.17, 15) is 12.8 Å². The summed E-state index contributed by atoms with van der Waals surface area (Å²) in [6.07, 6.45) is 0.543. The Morgan fingerprint density at radius 2 is 2.12 bits per heavy atom. The van der Waals surface area contributed by atoms with Crippen molar-refractivity contribution in [1.29, 1.82) is 0 Å². The van der Waals surface area contributed by atoms with Crippen LogP contribution in [0.1, 0.15) is 18.9 Å². The van der Waals surface area contributed by atoms with Crippen molar-refractivity contribution in [2.75, 3.05) is 5.88 Å². The third-order valence-corrected chi connectivity index (χ3v) is 4.29. The number of benzene rings is 1. The van der Waals surface area contributed by atoms with Gasteiger partial charge in [-0.2, -0.15) is 0 Å². The summed E-state index contributed by atoms with van der Waals surface area (Å²) in [4.78, 5) is 0.0975. The van der Waals surface area contributed by atoms with Gasteiger partial charge in [-0.25, -0.2) is 17.5 Å². The van der Waals surface area contributed by atoms with Crippen LogP contribution in [0.4, 0.5) is 4.39 Å². The SMILES string of the molecule is Cc1cc(F)ccc1S(=O)(=O)NC(C)CCCl. The zero-order chi connectivity index (χ0) is 13.1. The number of nitrogens with one attached hydrogen (secondary N) is 1. The van der Waals surface area contributed by atoms with Gasteiger partial charge < -0.3 is 0 Å². The molecule has 1 aromatic rings. The van der Waals surface area contributed by atoms with E-state index in [4.69, 9.17) is 11.6 Å². The molecule has 0 fully saturated rings. The Balaban J connectivity index is 2.97. The van der Waals surface area contributed by atoms with Crippen molar-refractivity contribution >= 4 is 21.6 Å². The molecule has 3 nitrogen and oxygen atoms in total. The van der Waals surface area contributed by atoms with Crippen LogP contribution in [0.25, 0.3) is 0 Å². The summed E-state index contributed by atoms with van der Waals surface area (Å²) in [7, 11) is -3.60. The lowest BCUT2D eigenvalue weighted by Crippen LogP contribution is -2.33. The summed E-state index contributed by atoms with van der Waals surface area (Å²) in [5, 5.41) is 0. The van der Waals surface area contributed by atoms with Crippen molar-refractivity contribution in [3.63, 3.8) is 0 Å². The molecule has 0 saturated heterocycles. The standard InChI is InChI=1S/C11H15ClFNO2S/c1-8-7-10(13)3-4-11(8)17(15,16)14-9(2)5-6-12/h3-4,7,9,14H,5-6H2,1-2H3. The maximum absolute atomic E-state index is 12.9. The first-order chi connectivity index (χ1) is 7.86. The van der Waals surface area contributed by atoms with E-state index in [1.54, 1.807) is 13.8 Å². The fourth-order valence-electron chi connectivity index (χ4n) is 1.47. The van der Waals surface area contributed by atoms with Gasteiger partial charge in [0.05, 0.1) is 4.90 Å². The summed E-state index contributed by atoms with van der Waals surface area (Å²) in [6.45, 7) is 3.29. The molecule has 1 aromatic carbocycles. The van der Waals surface area contributed by atoms with E-state index in [1.165, 1.54) is 12.1 Å². The fourth-order valence-corrected chi connectivity index (χ4v) is 3.30. The minimum atomic E-state index is -3.60. The first-order valence-electron chi connectivity index (χ1n) is 5.21. The first kappa shape index (κ1) is 14.4. The molecule has 0 bridgehead atoms. The molecule has 0 aromatic heterocycles. The smallest absolute Gasteiger partial charge is 0.208 e. The molecule has 96 valence electrons. The minimum absolute atomic E-state index is 0.0975. The van der Waals surface area contributed by atoms with Crippen LogP contribution < -0.4 is 4.72 Å². The van der Waals surface area contributed by atoms with Gasteiger partial charge in [0.15, 0.2) is 0 Å². The second kappa shape index (κ2) is 5.80. The Morgan fingerprint density at radius 1 is 1.47 bits per heavy atom. The van der Waals surface area contributed by atoms with E-state index in [0.29, 0.717) is 17.9 Å². The molecule has 0 aliphatic heterocycles. The van der Waals surface area contributed by atoms with Gasteiger partial charge in [-0.1, -0.05) is 0 Å². The molecule has 6 heteroatoms. The molecule has 0 amide bonds. The third kappa shape index (κ3) is 3.94. The lowest BCUT2D eigenvalue weighted by Gasteiger charge is -2.14. The van der Waals surface area contributed by atoms with E-state index in [0.717, 1.165) is 6.07 Å². The summed E-state index contributed by atoms with van der Waals surface area (Å²) >= 11 is 5.54. The highest BCUT2D eigenvalue weighted by Gasteiger charge is 2.19. The molecule has 0 spiro atoms. The number of aryl methyl sites for hydroxylation is 1. The number of alkyl halides is 1. The monoisotopic (exact) mass is 279 g/mol. The molecule has 1 unspecified atom stereocenters. The Labute approximate surface area is 106 Å². The van der Waals surface area contributed by atoms with Crippen LogP contribution in [0.3, 0.4) is 0 Å². The number of hydrogen-bond acceptors (Lipinski definition) is 2. The summed E-state index contributed by atoms with van der Waals surface area (Å²) in [5.74, 6) is -0.0678. The molecule has 17 heavy (non-hydrogen) atoms. The largest absolute Gasteiger partial charge is 0.241 e. The summed E-state index contributed by atoms with van der Waals surface area (Å²) in [5.41, 5.74) is 0.385. The third-order valence-electron chi connectivity index (χ3n) is 2.32. The summed E-state index contributed by atoms with van der Waals surface area (Å²) < 4.78 is 39.3. The molecule has 1 rings (SSSR count). The predicted octanol–water partition coefficient (Wildman–Crippen LogP) is 2.43. The molecule has 0 aliphatic rings. The van der Waals surface area contributed by atoms with Gasteiger partial charge in [-0.05, 0) is 44.0 Å². The van der Waals surface area contributed by atoms with Crippen LogP contribution in [0.5, 0.6) is 0 Å². The van der Waals surface area contributed by atoms with Crippen LogP contribution >= 0.6 is 11.6 Å². The van der Waals surface area contributed by atoms with Gasteiger partial charge in [-0.15, -0.1) is 11.6 Å². The lowest BCUT2D eigenvalue weighted by molar-refractivity contribution is 0.555. The molecule has 0 aliphatic carbocycles. The average Bonchev–Trinajstić information content (AvgIpc) is 2.15. The number of rotatable bonds is 5. The Morgan fingerprint density at radius 3 is 2.65 bits per heavy atom.